The number of urea groups is 1. The second kappa shape index (κ2) is 9.33. The van der Waals surface area contributed by atoms with Gasteiger partial charge in [-0.15, -0.1) is 0 Å². The normalized spacial score (nSPS) is 10.2. The molecule has 2 aromatic carbocycles. The van der Waals surface area contributed by atoms with E-state index in [2.05, 4.69) is 21.5 Å². The molecule has 4 N–H and O–H groups in total. The predicted octanol–water partition coefficient (Wildman–Crippen LogP) is 2.11. The van der Waals surface area contributed by atoms with E-state index in [-0.39, 0.29) is 17.6 Å². The first-order valence-corrected chi connectivity index (χ1v) is 8.35. The molecule has 142 valence electrons. The summed E-state index contributed by atoms with van der Waals surface area (Å²) < 4.78 is 13.5. The molecule has 0 fully saturated rings. The fourth-order valence-corrected chi connectivity index (χ4v) is 2.17. The Bertz CT molecular complexity index is 822. The summed E-state index contributed by atoms with van der Waals surface area (Å²) in [6.45, 7) is 4.03. The van der Waals surface area contributed by atoms with Gasteiger partial charge in [0.15, 0.2) is 0 Å². The molecule has 7 nitrogen and oxygen atoms in total. The van der Waals surface area contributed by atoms with Gasteiger partial charge in [-0.25, -0.2) is 9.18 Å². The molecule has 2 aromatic rings. The van der Waals surface area contributed by atoms with Gasteiger partial charge >= 0.3 is 6.03 Å². The number of carbonyl (C=O) groups is 3. The van der Waals surface area contributed by atoms with Crippen molar-refractivity contribution < 1.29 is 18.8 Å². The molecule has 0 heterocycles. The molecular weight excluding hydrogens is 351 g/mol. The zero-order valence-corrected chi connectivity index (χ0v) is 15.0. The van der Waals surface area contributed by atoms with E-state index < -0.39 is 17.6 Å². The average Bonchev–Trinajstić information content (AvgIpc) is 2.64. The summed E-state index contributed by atoms with van der Waals surface area (Å²) in [6.07, 6.45) is 0. The van der Waals surface area contributed by atoms with Gasteiger partial charge in [-0.3, -0.25) is 20.4 Å². The Balaban J connectivity index is 1.85. The molecule has 0 saturated heterocycles. The van der Waals surface area contributed by atoms with Crippen LogP contribution < -0.4 is 21.5 Å². The third-order valence-corrected chi connectivity index (χ3v) is 3.50. The molecule has 0 aliphatic heterocycles. The maximum absolute atomic E-state index is 13.5. The highest BCUT2D eigenvalue weighted by Gasteiger charge is 2.12. The molecule has 27 heavy (non-hydrogen) atoms. The Morgan fingerprint density at radius 1 is 0.926 bits per heavy atom. The quantitative estimate of drug-likeness (QED) is 0.605. The van der Waals surface area contributed by atoms with Crippen molar-refractivity contribution in [3.63, 3.8) is 0 Å². The Labute approximate surface area is 156 Å². The third-order valence-electron chi connectivity index (χ3n) is 3.50. The molecule has 0 radical (unpaired) electrons. The maximum Gasteiger partial charge on any atom is 0.315 e. The number of hydrazine groups is 1. The fourth-order valence-electron chi connectivity index (χ4n) is 2.17. The van der Waals surface area contributed by atoms with Gasteiger partial charge in [0.2, 0.25) is 0 Å². The highest BCUT2D eigenvalue weighted by Crippen LogP contribution is 2.06. The van der Waals surface area contributed by atoms with Crippen LogP contribution in [0.5, 0.6) is 0 Å². The van der Waals surface area contributed by atoms with Crippen LogP contribution in [0, 0.1) is 5.82 Å². The lowest BCUT2D eigenvalue weighted by molar-refractivity contribution is 0.0844. The van der Waals surface area contributed by atoms with Gasteiger partial charge in [0.25, 0.3) is 11.8 Å². The van der Waals surface area contributed by atoms with Crippen LogP contribution in [0.15, 0.2) is 48.5 Å². The lowest BCUT2D eigenvalue weighted by Gasteiger charge is -2.11. The van der Waals surface area contributed by atoms with Gasteiger partial charge in [-0.1, -0.05) is 24.3 Å². The highest BCUT2D eigenvalue weighted by molar-refractivity contribution is 5.99. The van der Waals surface area contributed by atoms with Crippen LogP contribution in [0.25, 0.3) is 0 Å². The van der Waals surface area contributed by atoms with E-state index in [4.69, 9.17) is 0 Å². The number of carbonyl (C=O) groups excluding carboxylic acids is 3. The Morgan fingerprint density at radius 2 is 1.56 bits per heavy atom. The van der Waals surface area contributed by atoms with Gasteiger partial charge < -0.3 is 10.6 Å². The monoisotopic (exact) mass is 372 g/mol. The summed E-state index contributed by atoms with van der Waals surface area (Å²) in [5.74, 6) is -1.97. The van der Waals surface area contributed by atoms with Crippen molar-refractivity contribution in [2.24, 2.45) is 0 Å². The second-order valence-electron chi connectivity index (χ2n) is 6.07. The van der Waals surface area contributed by atoms with E-state index >= 15 is 0 Å². The minimum atomic E-state index is -0.751. The van der Waals surface area contributed by atoms with Crippen LogP contribution in [-0.2, 0) is 6.54 Å². The van der Waals surface area contributed by atoms with E-state index in [1.807, 2.05) is 13.8 Å². The first-order valence-electron chi connectivity index (χ1n) is 8.35. The maximum atomic E-state index is 13.5. The minimum Gasteiger partial charge on any atom is -0.336 e. The molecule has 0 aliphatic rings. The zero-order chi connectivity index (χ0) is 19.8. The van der Waals surface area contributed by atoms with Crippen LogP contribution in [-0.4, -0.2) is 23.9 Å². The van der Waals surface area contributed by atoms with Crippen molar-refractivity contribution >= 4 is 17.8 Å². The molecule has 2 rings (SSSR count). The summed E-state index contributed by atoms with van der Waals surface area (Å²) in [6, 6.07) is 11.7. The topological polar surface area (TPSA) is 99.3 Å². The molecule has 0 aliphatic carbocycles. The summed E-state index contributed by atoms with van der Waals surface area (Å²) in [5.41, 5.74) is 5.34. The Morgan fingerprint density at radius 3 is 2.19 bits per heavy atom. The molecule has 0 bridgehead atoms. The van der Waals surface area contributed by atoms with Crippen molar-refractivity contribution in [1.29, 1.82) is 0 Å². The molecule has 0 spiro atoms. The first kappa shape index (κ1) is 19.9. The smallest absolute Gasteiger partial charge is 0.315 e. The number of halogens is 1. The van der Waals surface area contributed by atoms with E-state index in [0.29, 0.717) is 12.1 Å². The summed E-state index contributed by atoms with van der Waals surface area (Å²) in [5, 5.41) is 5.41. The lowest BCUT2D eigenvalue weighted by Crippen LogP contribution is -2.42. The van der Waals surface area contributed by atoms with Crippen LogP contribution in [0.1, 0.15) is 40.1 Å². The number of hydrogen-bond donors (Lipinski definition) is 4. The van der Waals surface area contributed by atoms with Gasteiger partial charge in [0.05, 0.1) is 5.56 Å². The minimum absolute atomic E-state index is 0.0376. The van der Waals surface area contributed by atoms with Crippen LogP contribution in [0.4, 0.5) is 9.18 Å². The van der Waals surface area contributed by atoms with Crippen molar-refractivity contribution in [3.05, 3.63) is 71.0 Å². The van der Waals surface area contributed by atoms with Gasteiger partial charge in [0, 0.05) is 18.2 Å². The van der Waals surface area contributed by atoms with Crippen molar-refractivity contribution in [3.8, 4) is 0 Å². The van der Waals surface area contributed by atoms with Crippen molar-refractivity contribution in [1.82, 2.24) is 21.5 Å². The molecule has 8 heteroatoms. The molecular formula is C19H21FN4O3. The zero-order valence-electron chi connectivity index (χ0n) is 15.0. The SMILES string of the molecule is CC(C)NC(=O)NCc1ccc(C(=O)NNC(=O)c2ccccc2F)cc1. The Hall–Kier alpha value is -3.42. The van der Waals surface area contributed by atoms with Crippen LogP contribution >= 0.6 is 0 Å². The molecule has 0 unspecified atom stereocenters. The van der Waals surface area contributed by atoms with Crippen LogP contribution in [0.2, 0.25) is 0 Å². The molecule has 0 aromatic heterocycles. The third kappa shape index (κ3) is 6.10. The molecule has 0 saturated carbocycles. The average molecular weight is 372 g/mol. The van der Waals surface area contributed by atoms with Gasteiger partial charge in [0.1, 0.15) is 5.82 Å². The van der Waals surface area contributed by atoms with E-state index in [1.165, 1.54) is 18.2 Å². The number of nitrogens with one attached hydrogen (secondary N) is 4. The Kier molecular flexibility index (Phi) is 6.87. The summed E-state index contributed by atoms with van der Waals surface area (Å²) >= 11 is 0. The fraction of sp³-hybridized carbons (Fsp3) is 0.211. The van der Waals surface area contributed by atoms with Gasteiger partial charge in [-0.05, 0) is 43.7 Å². The lowest BCUT2D eigenvalue weighted by atomic mass is 10.1. The van der Waals surface area contributed by atoms with Crippen molar-refractivity contribution in [2.45, 2.75) is 26.4 Å². The largest absolute Gasteiger partial charge is 0.336 e. The summed E-state index contributed by atoms with van der Waals surface area (Å²) in [4.78, 5) is 35.5. The van der Waals surface area contributed by atoms with Crippen LogP contribution in [0.3, 0.4) is 0 Å². The standard InChI is InChI=1S/C19H21FN4O3/c1-12(2)22-19(27)21-11-13-7-9-14(10-8-13)17(25)23-24-18(26)15-5-3-4-6-16(15)20/h3-10,12H,11H2,1-2H3,(H,23,25)(H,24,26)(H2,21,22,27). The number of benzene rings is 2. The molecule has 4 amide bonds. The highest BCUT2D eigenvalue weighted by atomic mass is 19.1. The van der Waals surface area contributed by atoms with Gasteiger partial charge in [-0.2, -0.15) is 0 Å². The second-order valence-corrected chi connectivity index (χ2v) is 6.07. The number of hydrogen-bond acceptors (Lipinski definition) is 3. The number of rotatable bonds is 5. The van der Waals surface area contributed by atoms with E-state index in [0.717, 1.165) is 11.6 Å². The predicted molar refractivity (Wildman–Crippen MR) is 98.3 cm³/mol. The molecule has 0 atom stereocenters. The van der Waals surface area contributed by atoms with E-state index in [1.54, 1.807) is 24.3 Å². The van der Waals surface area contributed by atoms with E-state index in [9.17, 15) is 18.8 Å². The van der Waals surface area contributed by atoms with Crippen molar-refractivity contribution in [2.75, 3.05) is 0 Å². The summed E-state index contributed by atoms with van der Waals surface area (Å²) in [7, 11) is 0. The first-order chi connectivity index (χ1) is 12.9. The number of amides is 4.